The van der Waals surface area contributed by atoms with E-state index >= 15 is 0 Å². The van der Waals surface area contributed by atoms with Gasteiger partial charge in [-0.3, -0.25) is 4.31 Å². The molecule has 0 saturated carbocycles. The fourth-order valence-electron chi connectivity index (χ4n) is 1.73. The molecular formula is C12H17NO4S. The Kier molecular flexibility index (Phi) is 4.34. The third-order valence-corrected chi connectivity index (χ3v) is 3.78. The van der Waals surface area contributed by atoms with Gasteiger partial charge in [-0.25, -0.2) is 13.2 Å². The van der Waals surface area contributed by atoms with Crippen LogP contribution in [0.1, 0.15) is 18.9 Å². The average Bonchev–Trinajstić information content (AvgIpc) is 2.25. The van der Waals surface area contributed by atoms with Gasteiger partial charge in [0.2, 0.25) is 10.0 Å². The molecule has 100 valence electrons. The average molecular weight is 271 g/mol. The van der Waals surface area contributed by atoms with Crippen molar-refractivity contribution in [1.29, 1.82) is 0 Å². The van der Waals surface area contributed by atoms with E-state index < -0.39 is 22.0 Å². The second kappa shape index (κ2) is 5.39. The number of carboxylic acids is 1. The van der Waals surface area contributed by atoms with Crippen molar-refractivity contribution < 1.29 is 18.3 Å². The van der Waals surface area contributed by atoms with Crippen LogP contribution in [0.4, 0.5) is 5.69 Å². The maximum atomic E-state index is 11.8. The van der Waals surface area contributed by atoms with Gasteiger partial charge in [-0.05, 0) is 25.5 Å². The molecule has 6 heteroatoms. The van der Waals surface area contributed by atoms with Crippen molar-refractivity contribution in [2.75, 3.05) is 10.6 Å². The van der Waals surface area contributed by atoms with Crippen LogP contribution in [0.15, 0.2) is 24.3 Å². The number of carboxylic acid groups (broad SMARTS) is 1. The van der Waals surface area contributed by atoms with Crippen molar-refractivity contribution in [2.24, 2.45) is 0 Å². The highest BCUT2D eigenvalue weighted by Gasteiger charge is 2.30. The fraction of sp³-hybridized carbons (Fsp3) is 0.417. The predicted octanol–water partition coefficient (Wildman–Crippen LogP) is 1.62. The predicted molar refractivity (Wildman–Crippen MR) is 70.2 cm³/mol. The van der Waals surface area contributed by atoms with Gasteiger partial charge in [0.05, 0.1) is 11.9 Å². The molecular weight excluding hydrogens is 254 g/mol. The summed E-state index contributed by atoms with van der Waals surface area (Å²) in [6.07, 6.45) is 1.22. The molecule has 0 saturated heterocycles. The van der Waals surface area contributed by atoms with Crippen molar-refractivity contribution in [1.82, 2.24) is 0 Å². The summed E-state index contributed by atoms with van der Waals surface area (Å²) in [6, 6.07) is 5.65. The molecule has 18 heavy (non-hydrogen) atoms. The number of anilines is 1. The Labute approximate surface area is 107 Å². The highest BCUT2D eigenvalue weighted by Crippen LogP contribution is 2.22. The topological polar surface area (TPSA) is 74.7 Å². The standard InChI is InChI=1S/C12H17NO4S/c1-4-11(12(14)15)13(18(3,16)17)10-7-5-9(2)6-8-10/h5-8,11H,4H2,1-3H3,(H,14,15)/t11-/m0/s1. The van der Waals surface area contributed by atoms with Crippen LogP contribution in [0.25, 0.3) is 0 Å². The Balaban J connectivity index is 3.30. The Bertz CT molecular complexity index is 522. The molecule has 5 nitrogen and oxygen atoms in total. The number of carbonyl (C=O) groups is 1. The number of sulfonamides is 1. The van der Waals surface area contributed by atoms with Crippen LogP contribution in [0.3, 0.4) is 0 Å². The first-order chi connectivity index (χ1) is 8.27. The van der Waals surface area contributed by atoms with Crippen molar-refractivity contribution in [2.45, 2.75) is 26.3 Å². The molecule has 0 aliphatic heterocycles. The normalized spacial score (nSPS) is 13.1. The van der Waals surface area contributed by atoms with Crippen LogP contribution in [0.2, 0.25) is 0 Å². The van der Waals surface area contributed by atoms with Crippen LogP contribution >= 0.6 is 0 Å². The van der Waals surface area contributed by atoms with E-state index in [0.717, 1.165) is 16.1 Å². The molecule has 0 aliphatic carbocycles. The number of aliphatic carboxylic acids is 1. The second-order valence-electron chi connectivity index (χ2n) is 4.16. The third kappa shape index (κ3) is 3.22. The van der Waals surface area contributed by atoms with Crippen molar-refractivity contribution in [3.63, 3.8) is 0 Å². The molecule has 0 radical (unpaired) electrons. The lowest BCUT2D eigenvalue weighted by Crippen LogP contribution is -2.44. The van der Waals surface area contributed by atoms with Crippen molar-refractivity contribution >= 4 is 21.7 Å². The molecule has 0 fully saturated rings. The van der Waals surface area contributed by atoms with Gasteiger partial charge in [-0.1, -0.05) is 24.6 Å². The first-order valence-corrected chi connectivity index (χ1v) is 7.41. The van der Waals surface area contributed by atoms with Crippen LogP contribution in [-0.4, -0.2) is 31.8 Å². The molecule has 0 unspecified atom stereocenters. The Morgan fingerprint density at radius 3 is 2.17 bits per heavy atom. The van der Waals surface area contributed by atoms with Gasteiger partial charge >= 0.3 is 5.97 Å². The minimum atomic E-state index is -3.63. The number of nitrogens with zero attached hydrogens (tertiary/aromatic N) is 1. The van der Waals surface area contributed by atoms with E-state index in [1.54, 1.807) is 31.2 Å². The van der Waals surface area contributed by atoms with Gasteiger partial charge in [0.15, 0.2) is 0 Å². The molecule has 0 spiro atoms. The Hall–Kier alpha value is -1.56. The lowest BCUT2D eigenvalue weighted by molar-refractivity contribution is -0.138. The number of aryl methyl sites for hydroxylation is 1. The van der Waals surface area contributed by atoms with E-state index in [2.05, 4.69) is 0 Å². The second-order valence-corrected chi connectivity index (χ2v) is 6.02. The highest BCUT2D eigenvalue weighted by molar-refractivity contribution is 7.92. The Morgan fingerprint density at radius 1 is 1.33 bits per heavy atom. The van der Waals surface area contributed by atoms with Crippen LogP contribution in [0, 0.1) is 6.92 Å². The lowest BCUT2D eigenvalue weighted by Gasteiger charge is -2.28. The zero-order chi connectivity index (χ0) is 13.9. The first-order valence-electron chi connectivity index (χ1n) is 5.56. The maximum Gasteiger partial charge on any atom is 0.327 e. The van der Waals surface area contributed by atoms with E-state index in [0.29, 0.717) is 5.69 Å². The first kappa shape index (κ1) is 14.5. The van der Waals surface area contributed by atoms with Crippen molar-refractivity contribution in [3.8, 4) is 0 Å². The summed E-state index contributed by atoms with van der Waals surface area (Å²) in [5.74, 6) is -1.15. The molecule has 1 aromatic rings. The summed E-state index contributed by atoms with van der Waals surface area (Å²) >= 11 is 0. The van der Waals surface area contributed by atoms with E-state index in [4.69, 9.17) is 5.11 Å². The van der Waals surface area contributed by atoms with Gasteiger partial charge in [0.1, 0.15) is 6.04 Å². The molecule has 0 aromatic heterocycles. The van der Waals surface area contributed by atoms with E-state index in [-0.39, 0.29) is 6.42 Å². The highest BCUT2D eigenvalue weighted by atomic mass is 32.2. The number of hydrogen-bond donors (Lipinski definition) is 1. The minimum absolute atomic E-state index is 0.205. The summed E-state index contributed by atoms with van der Waals surface area (Å²) in [4.78, 5) is 11.2. The zero-order valence-electron chi connectivity index (χ0n) is 10.6. The molecule has 1 aromatic carbocycles. The smallest absolute Gasteiger partial charge is 0.327 e. The minimum Gasteiger partial charge on any atom is -0.480 e. The number of hydrogen-bond acceptors (Lipinski definition) is 3. The summed E-state index contributed by atoms with van der Waals surface area (Å²) in [5.41, 5.74) is 1.35. The largest absolute Gasteiger partial charge is 0.480 e. The van der Waals surface area contributed by atoms with Gasteiger partial charge in [-0.2, -0.15) is 0 Å². The summed E-state index contributed by atoms with van der Waals surface area (Å²) in [6.45, 7) is 3.52. The summed E-state index contributed by atoms with van der Waals surface area (Å²) in [7, 11) is -3.63. The quantitative estimate of drug-likeness (QED) is 0.883. The monoisotopic (exact) mass is 271 g/mol. The van der Waals surface area contributed by atoms with Gasteiger partial charge in [0, 0.05) is 0 Å². The molecule has 0 heterocycles. The molecule has 0 amide bonds. The number of rotatable bonds is 5. The molecule has 1 N–H and O–H groups in total. The molecule has 1 atom stereocenters. The van der Waals surface area contributed by atoms with Gasteiger partial charge in [0.25, 0.3) is 0 Å². The molecule has 1 rings (SSSR count). The van der Waals surface area contributed by atoms with Crippen LogP contribution < -0.4 is 4.31 Å². The van der Waals surface area contributed by atoms with E-state index in [9.17, 15) is 13.2 Å². The third-order valence-electron chi connectivity index (χ3n) is 2.60. The lowest BCUT2D eigenvalue weighted by atomic mass is 10.2. The van der Waals surface area contributed by atoms with Gasteiger partial charge < -0.3 is 5.11 Å². The fourth-order valence-corrected chi connectivity index (χ4v) is 2.94. The molecule has 0 aliphatic rings. The molecule has 0 bridgehead atoms. The van der Waals surface area contributed by atoms with Crippen LogP contribution in [-0.2, 0) is 14.8 Å². The van der Waals surface area contributed by atoms with Gasteiger partial charge in [-0.15, -0.1) is 0 Å². The van der Waals surface area contributed by atoms with Crippen molar-refractivity contribution in [3.05, 3.63) is 29.8 Å². The Morgan fingerprint density at radius 2 is 1.83 bits per heavy atom. The van der Waals surface area contributed by atoms with E-state index in [1.807, 2.05) is 6.92 Å². The van der Waals surface area contributed by atoms with Crippen LogP contribution in [0.5, 0.6) is 0 Å². The maximum absolute atomic E-state index is 11.8. The van der Waals surface area contributed by atoms with E-state index in [1.165, 1.54) is 0 Å². The summed E-state index contributed by atoms with van der Waals surface area (Å²) < 4.78 is 24.5. The number of benzene rings is 1. The summed E-state index contributed by atoms with van der Waals surface area (Å²) in [5, 5.41) is 9.12. The zero-order valence-corrected chi connectivity index (χ0v) is 11.4. The SMILES string of the molecule is CC[C@@H](C(=O)O)N(c1ccc(C)cc1)S(C)(=O)=O.